The van der Waals surface area contributed by atoms with Crippen LogP contribution in [0, 0.1) is 17.7 Å². The zero-order valence-electron chi connectivity index (χ0n) is 12.8. The van der Waals surface area contributed by atoms with E-state index in [0.29, 0.717) is 5.56 Å². The summed E-state index contributed by atoms with van der Waals surface area (Å²) in [5, 5.41) is 9.01. The van der Waals surface area contributed by atoms with Gasteiger partial charge in [-0.3, -0.25) is 9.69 Å². The monoisotopic (exact) mass is 358 g/mol. The van der Waals surface area contributed by atoms with Gasteiger partial charge >= 0.3 is 12.1 Å². The van der Waals surface area contributed by atoms with Crippen LogP contribution in [0.1, 0.15) is 5.89 Å². The Balaban J connectivity index is 1.72. The van der Waals surface area contributed by atoms with Gasteiger partial charge in [0.2, 0.25) is 5.89 Å². The Morgan fingerprint density at radius 3 is 2.72 bits per heavy atom. The topological polar surface area (TPSA) is 66.6 Å². The summed E-state index contributed by atoms with van der Waals surface area (Å²) in [4.78, 5) is 16.4. The average Bonchev–Trinajstić information content (AvgIpc) is 3.14. The standard InChI is InChI=1S/C16H14F4N2O3/c17-10-3-1-2-9(4-10)13-5-21-14(25-13)8-22-6-11(15(23)24)12(7-22)16(18,19)20/h1-5,11-12H,6-8H2,(H,23,24)/t11-,12-/m1/s1. The third kappa shape index (κ3) is 3.81. The van der Waals surface area contributed by atoms with Gasteiger partial charge < -0.3 is 9.52 Å². The minimum atomic E-state index is -4.58. The number of halogens is 4. The number of likely N-dealkylation sites (tertiary alicyclic amines) is 1. The molecule has 5 nitrogen and oxygen atoms in total. The van der Waals surface area contributed by atoms with E-state index in [-0.39, 0.29) is 24.7 Å². The Morgan fingerprint density at radius 1 is 1.36 bits per heavy atom. The number of carbonyl (C=O) groups is 1. The van der Waals surface area contributed by atoms with Crippen LogP contribution in [0.15, 0.2) is 34.9 Å². The molecule has 0 unspecified atom stereocenters. The normalized spacial score (nSPS) is 21.6. The second-order valence-electron chi connectivity index (χ2n) is 5.92. The molecular weight excluding hydrogens is 344 g/mol. The Kier molecular flexibility index (Phi) is 4.51. The fourth-order valence-electron chi connectivity index (χ4n) is 2.95. The van der Waals surface area contributed by atoms with Crippen LogP contribution in [-0.2, 0) is 11.3 Å². The Labute approximate surface area is 139 Å². The SMILES string of the molecule is O=C(O)[C@@H]1CN(Cc2ncc(-c3cccc(F)c3)o2)C[C@H]1C(F)(F)F. The van der Waals surface area contributed by atoms with E-state index in [4.69, 9.17) is 9.52 Å². The summed E-state index contributed by atoms with van der Waals surface area (Å²) in [5.74, 6) is -4.94. The minimum absolute atomic E-state index is 0.0499. The van der Waals surface area contributed by atoms with Crippen molar-refractivity contribution < 1.29 is 31.9 Å². The van der Waals surface area contributed by atoms with Crippen molar-refractivity contribution in [2.45, 2.75) is 12.7 Å². The second-order valence-corrected chi connectivity index (χ2v) is 5.92. The molecule has 0 spiro atoms. The fourth-order valence-corrected chi connectivity index (χ4v) is 2.95. The number of carboxylic acids is 1. The molecule has 2 aromatic rings. The van der Waals surface area contributed by atoms with Gasteiger partial charge in [-0.1, -0.05) is 12.1 Å². The molecule has 1 aliphatic heterocycles. The number of aromatic nitrogens is 1. The first-order valence-corrected chi connectivity index (χ1v) is 7.46. The summed E-state index contributed by atoms with van der Waals surface area (Å²) in [5.41, 5.74) is 0.455. The largest absolute Gasteiger partial charge is 0.481 e. The lowest BCUT2D eigenvalue weighted by molar-refractivity contribution is -0.188. The zero-order valence-corrected chi connectivity index (χ0v) is 12.8. The van der Waals surface area contributed by atoms with Crippen molar-refractivity contribution in [1.29, 1.82) is 0 Å². The van der Waals surface area contributed by atoms with E-state index >= 15 is 0 Å². The number of alkyl halides is 3. The molecule has 2 atom stereocenters. The molecule has 2 heterocycles. The lowest BCUT2D eigenvalue weighted by Gasteiger charge is -2.18. The van der Waals surface area contributed by atoms with E-state index < -0.39 is 36.3 Å². The number of aliphatic carboxylic acids is 1. The van der Waals surface area contributed by atoms with Crippen molar-refractivity contribution in [2.75, 3.05) is 13.1 Å². The molecule has 3 rings (SSSR count). The highest BCUT2D eigenvalue weighted by atomic mass is 19.4. The number of hydrogen-bond acceptors (Lipinski definition) is 4. The molecule has 134 valence electrons. The number of oxazole rings is 1. The van der Waals surface area contributed by atoms with Gasteiger partial charge in [-0.25, -0.2) is 9.37 Å². The van der Waals surface area contributed by atoms with Crippen LogP contribution in [-0.4, -0.2) is 40.2 Å². The molecule has 1 fully saturated rings. The first kappa shape index (κ1) is 17.4. The van der Waals surface area contributed by atoms with E-state index in [0.717, 1.165) is 0 Å². The maximum Gasteiger partial charge on any atom is 0.393 e. The minimum Gasteiger partial charge on any atom is -0.481 e. The zero-order chi connectivity index (χ0) is 18.2. The van der Waals surface area contributed by atoms with Crippen LogP contribution in [0.4, 0.5) is 17.6 Å². The molecule has 9 heteroatoms. The summed E-state index contributed by atoms with van der Waals surface area (Å²) in [6.45, 7) is -0.721. The van der Waals surface area contributed by atoms with Crippen LogP contribution in [0.2, 0.25) is 0 Å². The molecular formula is C16H14F4N2O3. The van der Waals surface area contributed by atoms with Crippen molar-refractivity contribution in [3.63, 3.8) is 0 Å². The molecule has 1 N–H and O–H groups in total. The average molecular weight is 358 g/mol. The predicted octanol–water partition coefficient (Wildman–Crippen LogP) is 3.18. The smallest absolute Gasteiger partial charge is 0.393 e. The number of carboxylic acid groups (broad SMARTS) is 1. The molecule has 0 amide bonds. The van der Waals surface area contributed by atoms with Crippen LogP contribution >= 0.6 is 0 Å². The molecule has 25 heavy (non-hydrogen) atoms. The summed E-state index contributed by atoms with van der Waals surface area (Å²) < 4.78 is 57.6. The summed E-state index contributed by atoms with van der Waals surface area (Å²) in [7, 11) is 0. The van der Waals surface area contributed by atoms with Gasteiger partial charge in [-0.05, 0) is 12.1 Å². The highest BCUT2D eigenvalue weighted by Crippen LogP contribution is 2.38. The van der Waals surface area contributed by atoms with Crippen molar-refractivity contribution in [3.8, 4) is 11.3 Å². The fraction of sp³-hybridized carbons (Fsp3) is 0.375. The van der Waals surface area contributed by atoms with Crippen LogP contribution in [0.5, 0.6) is 0 Å². The maximum absolute atomic E-state index is 13.2. The Bertz CT molecular complexity index is 775. The van der Waals surface area contributed by atoms with E-state index in [9.17, 15) is 22.4 Å². The summed E-state index contributed by atoms with van der Waals surface area (Å²) in [6, 6.07) is 5.64. The summed E-state index contributed by atoms with van der Waals surface area (Å²) >= 11 is 0. The number of nitrogens with zero attached hydrogens (tertiary/aromatic N) is 2. The van der Waals surface area contributed by atoms with Crippen molar-refractivity contribution >= 4 is 5.97 Å². The molecule has 1 saturated heterocycles. The van der Waals surface area contributed by atoms with Crippen LogP contribution < -0.4 is 0 Å². The first-order valence-electron chi connectivity index (χ1n) is 7.46. The van der Waals surface area contributed by atoms with E-state index in [1.807, 2.05) is 0 Å². The van der Waals surface area contributed by atoms with Gasteiger partial charge in [0.05, 0.1) is 24.6 Å². The van der Waals surface area contributed by atoms with Gasteiger partial charge in [0, 0.05) is 18.7 Å². The Hall–Kier alpha value is -2.42. The number of benzene rings is 1. The van der Waals surface area contributed by atoms with Crippen molar-refractivity contribution in [3.05, 3.63) is 42.2 Å². The number of hydrogen-bond donors (Lipinski definition) is 1. The summed E-state index contributed by atoms with van der Waals surface area (Å²) in [6.07, 6.45) is -3.22. The van der Waals surface area contributed by atoms with E-state index in [2.05, 4.69) is 4.98 Å². The predicted molar refractivity (Wildman–Crippen MR) is 77.8 cm³/mol. The molecule has 0 saturated carbocycles. The van der Waals surface area contributed by atoms with Crippen LogP contribution in [0.3, 0.4) is 0 Å². The second kappa shape index (κ2) is 6.47. The molecule has 1 aliphatic rings. The third-order valence-corrected chi connectivity index (χ3v) is 4.15. The van der Waals surface area contributed by atoms with Crippen LogP contribution in [0.25, 0.3) is 11.3 Å². The van der Waals surface area contributed by atoms with Crippen molar-refractivity contribution in [2.24, 2.45) is 11.8 Å². The van der Waals surface area contributed by atoms with Gasteiger partial charge in [0.1, 0.15) is 5.82 Å². The van der Waals surface area contributed by atoms with Gasteiger partial charge in [0.15, 0.2) is 5.76 Å². The molecule has 0 radical (unpaired) electrons. The quantitative estimate of drug-likeness (QED) is 0.851. The number of rotatable bonds is 4. The van der Waals surface area contributed by atoms with E-state index in [1.165, 1.54) is 29.3 Å². The lowest BCUT2D eigenvalue weighted by Crippen LogP contribution is -2.33. The third-order valence-electron chi connectivity index (χ3n) is 4.15. The molecule has 0 aliphatic carbocycles. The van der Waals surface area contributed by atoms with Gasteiger partial charge in [-0.15, -0.1) is 0 Å². The molecule has 1 aromatic carbocycles. The van der Waals surface area contributed by atoms with E-state index in [1.54, 1.807) is 6.07 Å². The Morgan fingerprint density at radius 2 is 2.12 bits per heavy atom. The highest BCUT2D eigenvalue weighted by Gasteiger charge is 2.52. The maximum atomic E-state index is 13.2. The highest BCUT2D eigenvalue weighted by molar-refractivity contribution is 5.71. The first-order chi connectivity index (χ1) is 11.7. The molecule has 1 aromatic heterocycles. The lowest BCUT2D eigenvalue weighted by atomic mass is 9.96. The van der Waals surface area contributed by atoms with Gasteiger partial charge in [-0.2, -0.15) is 13.2 Å². The van der Waals surface area contributed by atoms with Gasteiger partial charge in [0.25, 0.3) is 0 Å². The van der Waals surface area contributed by atoms with Crippen molar-refractivity contribution in [1.82, 2.24) is 9.88 Å². The molecule has 0 bridgehead atoms.